The quantitative estimate of drug-likeness (QED) is 0.367. The molecule has 1 aliphatic heterocycles. The number of ether oxygens (including phenoxy) is 1. The number of rotatable bonds is 2. The molecule has 138 valence electrons. The van der Waals surface area contributed by atoms with Crippen molar-refractivity contribution < 1.29 is 4.74 Å². The van der Waals surface area contributed by atoms with E-state index in [4.69, 9.17) is 4.74 Å². The molecule has 6 rings (SSSR count). The van der Waals surface area contributed by atoms with Crippen molar-refractivity contribution in [3.05, 3.63) is 120 Å². The number of H-pyrrole nitrogens is 1. The maximum Gasteiger partial charge on any atom is 0.178 e. The number of nitrogens with one attached hydrogen (secondary N) is 1. The third-order valence-corrected chi connectivity index (χ3v) is 5.84. The number of fused-ring (bicyclic) bond motifs is 5. The van der Waals surface area contributed by atoms with E-state index in [0.717, 1.165) is 33.5 Å². The van der Waals surface area contributed by atoms with Gasteiger partial charge in [-0.05, 0) is 30.4 Å². The van der Waals surface area contributed by atoms with Gasteiger partial charge in [-0.1, -0.05) is 78.9 Å². The minimum atomic E-state index is -0.644. The Morgan fingerprint density at radius 3 is 2.00 bits per heavy atom. The van der Waals surface area contributed by atoms with Crippen molar-refractivity contribution in [3.63, 3.8) is 0 Å². The maximum absolute atomic E-state index is 6.79. The Labute approximate surface area is 169 Å². The Balaban J connectivity index is 1.60. The molecule has 0 spiro atoms. The third-order valence-electron chi connectivity index (χ3n) is 5.84. The molecule has 0 amide bonds. The van der Waals surface area contributed by atoms with Crippen LogP contribution in [0.2, 0.25) is 0 Å². The van der Waals surface area contributed by atoms with Crippen LogP contribution in [0.25, 0.3) is 27.9 Å². The normalized spacial score (nSPS) is 14.6. The van der Waals surface area contributed by atoms with E-state index in [9.17, 15) is 0 Å². The Bertz CT molecular complexity index is 1320. The molecular formula is C27H19NO. The van der Waals surface area contributed by atoms with Gasteiger partial charge >= 0.3 is 0 Å². The molecule has 2 nitrogen and oxygen atoms in total. The van der Waals surface area contributed by atoms with Gasteiger partial charge in [-0.2, -0.15) is 0 Å². The van der Waals surface area contributed by atoms with Gasteiger partial charge in [0, 0.05) is 33.0 Å². The molecule has 4 aromatic carbocycles. The van der Waals surface area contributed by atoms with Gasteiger partial charge in [0.2, 0.25) is 0 Å². The summed E-state index contributed by atoms with van der Waals surface area (Å²) in [5, 5.41) is 2.46. The fourth-order valence-corrected chi connectivity index (χ4v) is 4.43. The molecule has 2 heteroatoms. The molecule has 1 aromatic heterocycles. The molecule has 0 saturated heterocycles. The summed E-state index contributed by atoms with van der Waals surface area (Å²) in [6.45, 7) is 0. The SMILES string of the molecule is C1=CC(c2ccccc2)(c2ccccc2)Oc2ccc3c([nH]c4ccccc43)c21. The molecule has 0 bridgehead atoms. The van der Waals surface area contributed by atoms with Crippen molar-refractivity contribution in [2.75, 3.05) is 0 Å². The van der Waals surface area contributed by atoms with Crippen LogP contribution in [0.1, 0.15) is 16.7 Å². The van der Waals surface area contributed by atoms with Crippen molar-refractivity contribution in [2.24, 2.45) is 0 Å². The Hall–Kier alpha value is -3.78. The van der Waals surface area contributed by atoms with Crippen molar-refractivity contribution in [3.8, 4) is 5.75 Å². The zero-order valence-corrected chi connectivity index (χ0v) is 15.8. The van der Waals surface area contributed by atoms with E-state index in [-0.39, 0.29) is 0 Å². The van der Waals surface area contributed by atoms with Crippen molar-refractivity contribution >= 4 is 27.9 Å². The molecule has 0 saturated carbocycles. The van der Waals surface area contributed by atoms with Crippen LogP contribution in [0.5, 0.6) is 5.75 Å². The summed E-state index contributed by atoms with van der Waals surface area (Å²) in [7, 11) is 0. The average molecular weight is 373 g/mol. The predicted octanol–water partition coefficient (Wildman–Crippen LogP) is 6.67. The highest BCUT2D eigenvalue weighted by molar-refractivity contribution is 6.10. The van der Waals surface area contributed by atoms with E-state index in [1.165, 1.54) is 10.8 Å². The van der Waals surface area contributed by atoms with Crippen molar-refractivity contribution in [1.82, 2.24) is 4.98 Å². The molecule has 29 heavy (non-hydrogen) atoms. The molecule has 0 aliphatic carbocycles. The minimum Gasteiger partial charge on any atom is -0.473 e. The lowest BCUT2D eigenvalue weighted by Gasteiger charge is -2.36. The zero-order valence-electron chi connectivity index (χ0n) is 15.8. The number of hydrogen-bond donors (Lipinski definition) is 1. The fraction of sp³-hybridized carbons (Fsp3) is 0.0370. The third kappa shape index (κ3) is 2.36. The predicted molar refractivity (Wildman–Crippen MR) is 119 cm³/mol. The van der Waals surface area contributed by atoms with Gasteiger partial charge in [-0.3, -0.25) is 0 Å². The number of benzene rings is 4. The standard InChI is InChI=1S/C27H19NO/c1-3-9-19(10-4-1)27(20-11-5-2-6-12-20)18-17-23-25(29-27)16-15-22-21-13-7-8-14-24(21)28-26(22)23/h1-18,28H. The van der Waals surface area contributed by atoms with Gasteiger partial charge in [-0.25, -0.2) is 0 Å². The molecule has 5 aromatic rings. The summed E-state index contributed by atoms with van der Waals surface area (Å²) < 4.78 is 6.79. The van der Waals surface area contributed by atoms with Crippen LogP contribution >= 0.6 is 0 Å². The number of aromatic amines is 1. The summed E-state index contributed by atoms with van der Waals surface area (Å²) in [5.74, 6) is 0.888. The van der Waals surface area contributed by atoms with Crippen LogP contribution in [0.3, 0.4) is 0 Å². The maximum atomic E-state index is 6.79. The molecule has 0 fully saturated rings. The first-order valence-electron chi connectivity index (χ1n) is 9.88. The van der Waals surface area contributed by atoms with Gasteiger partial charge in [0.05, 0.1) is 5.52 Å². The Kier molecular flexibility index (Phi) is 3.41. The van der Waals surface area contributed by atoms with Crippen LogP contribution < -0.4 is 4.74 Å². The summed E-state index contributed by atoms with van der Waals surface area (Å²) in [6.07, 6.45) is 4.39. The highest BCUT2D eigenvalue weighted by Crippen LogP contribution is 2.44. The van der Waals surface area contributed by atoms with Crippen LogP contribution in [0.15, 0.2) is 103 Å². The largest absolute Gasteiger partial charge is 0.473 e. The second-order valence-electron chi connectivity index (χ2n) is 7.47. The van der Waals surface area contributed by atoms with Crippen LogP contribution in [0.4, 0.5) is 0 Å². The first-order chi connectivity index (χ1) is 14.4. The van der Waals surface area contributed by atoms with Crippen molar-refractivity contribution in [1.29, 1.82) is 0 Å². The Morgan fingerprint density at radius 2 is 1.28 bits per heavy atom. The zero-order chi connectivity index (χ0) is 19.3. The first-order valence-corrected chi connectivity index (χ1v) is 9.88. The molecule has 0 atom stereocenters. The lowest BCUT2D eigenvalue weighted by atomic mass is 9.83. The van der Waals surface area contributed by atoms with E-state index in [2.05, 4.69) is 102 Å². The van der Waals surface area contributed by atoms with Crippen LogP contribution in [-0.2, 0) is 5.60 Å². The van der Waals surface area contributed by atoms with E-state index in [1.54, 1.807) is 0 Å². The lowest BCUT2D eigenvalue weighted by molar-refractivity contribution is 0.161. The summed E-state index contributed by atoms with van der Waals surface area (Å²) in [6, 6.07) is 33.5. The fourth-order valence-electron chi connectivity index (χ4n) is 4.43. The highest BCUT2D eigenvalue weighted by Gasteiger charge is 2.37. The number of para-hydroxylation sites is 1. The second-order valence-corrected chi connectivity index (χ2v) is 7.47. The van der Waals surface area contributed by atoms with E-state index in [0.29, 0.717) is 0 Å². The average Bonchev–Trinajstić information content (AvgIpc) is 3.19. The molecule has 0 unspecified atom stereocenters. The Morgan fingerprint density at radius 1 is 0.621 bits per heavy atom. The highest BCUT2D eigenvalue weighted by atomic mass is 16.5. The van der Waals surface area contributed by atoms with Crippen molar-refractivity contribution in [2.45, 2.75) is 5.60 Å². The number of aromatic nitrogens is 1. The molecular weight excluding hydrogens is 354 g/mol. The second kappa shape index (κ2) is 6.11. The summed E-state index contributed by atoms with van der Waals surface area (Å²) in [4.78, 5) is 3.58. The molecule has 1 N–H and O–H groups in total. The van der Waals surface area contributed by atoms with Crippen LogP contribution in [-0.4, -0.2) is 4.98 Å². The van der Waals surface area contributed by atoms with E-state index >= 15 is 0 Å². The monoisotopic (exact) mass is 373 g/mol. The lowest BCUT2D eigenvalue weighted by Crippen LogP contribution is -2.34. The molecule has 0 radical (unpaired) electrons. The van der Waals surface area contributed by atoms with Gasteiger partial charge in [0.1, 0.15) is 5.75 Å². The van der Waals surface area contributed by atoms with Gasteiger partial charge < -0.3 is 9.72 Å². The van der Waals surface area contributed by atoms with Gasteiger partial charge in [0.15, 0.2) is 5.60 Å². The molecule has 2 heterocycles. The first kappa shape index (κ1) is 16.2. The molecule has 1 aliphatic rings. The van der Waals surface area contributed by atoms with E-state index < -0.39 is 5.60 Å². The summed E-state index contributed by atoms with van der Waals surface area (Å²) >= 11 is 0. The number of hydrogen-bond acceptors (Lipinski definition) is 1. The van der Waals surface area contributed by atoms with Gasteiger partial charge in [-0.15, -0.1) is 0 Å². The topological polar surface area (TPSA) is 25.0 Å². The smallest absolute Gasteiger partial charge is 0.178 e. The van der Waals surface area contributed by atoms with Crippen LogP contribution in [0, 0.1) is 0 Å². The minimum absolute atomic E-state index is 0.644. The van der Waals surface area contributed by atoms with E-state index in [1.807, 2.05) is 12.1 Å². The van der Waals surface area contributed by atoms with Gasteiger partial charge in [0.25, 0.3) is 0 Å². The summed E-state index contributed by atoms with van der Waals surface area (Å²) in [5.41, 5.74) is 4.95.